The van der Waals surface area contributed by atoms with Crippen LogP contribution in [0, 0.1) is 5.82 Å². The summed E-state index contributed by atoms with van der Waals surface area (Å²) in [5.41, 5.74) is 0.865. The lowest BCUT2D eigenvalue weighted by molar-refractivity contribution is -0.116. The zero-order chi connectivity index (χ0) is 16.9. The molecule has 1 N–H and O–H groups in total. The zero-order valence-electron chi connectivity index (χ0n) is 12.6. The average molecular weight is 425 g/mol. The molecule has 0 saturated carbocycles. The number of carbonyl (C=O) groups excluding carboxylic acids is 1. The lowest BCUT2D eigenvalue weighted by Crippen LogP contribution is -2.11. The van der Waals surface area contributed by atoms with Crippen LogP contribution in [0.25, 0.3) is 10.2 Å². The van der Waals surface area contributed by atoms with E-state index in [0.29, 0.717) is 11.6 Å². The second kappa shape index (κ2) is 8.09. The van der Waals surface area contributed by atoms with Crippen molar-refractivity contribution in [3.63, 3.8) is 0 Å². The van der Waals surface area contributed by atoms with Crippen LogP contribution in [0.15, 0.2) is 51.8 Å². The third-order valence-electron chi connectivity index (χ3n) is 3.25. The highest BCUT2D eigenvalue weighted by Gasteiger charge is 2.09. The Kier molecular flexibility index (Phi) is 5.86. The smallest absolute Gasteiger partial charge is 0.226 e. The molecule has 1 heterocycles. The Balaban J connectivity index is 1.46. The van der Waals surface area contributed by atoms with Crippen molar-refractivity contribution in [3.8, 4) is 0 Å². The fraction of sp³-hybridized carbons (Fsp3) is 0.176. The fourth-order valence-corrected chi connectivity index (χ4v) is 4.45. The van der Waals surface area contributed by atoms with Gasteiger partial charge in [-0.1, -0.05) is 17.4 Å². The Bertz CT molecular complexity index is 851. The molecule has 0 fully saturated rings. The lowest BCUT2D eigenvalue weighted by atomic mass is 10.3. The normalized spacial score (nSPS) is 10.9. The molecule has 3 rings (SSSR count). The first-order valence-electron chi connectivity index (χ1n) is 7.35. The maximum atomic E-state index is 12.8. The second-order valence-electron chi connectivity index (χ2n) is 5.06. The van der Waals surface area contributed by atoms with E-state index in [-0.39, 0.29) is 11.7 Å². The van der Waals surface area contributed by atoms with E-state index >= 15 is 0 Å². The monoisotopic (exact) mass is 424 g/mol. The van der Waals surface area contributed by atoms with Crippen LogP contribution in [0.5, 0.6) is 0 Å². The topological polar surface area (TPSA) is 42.0 Å². The molecule has 7 heteroatoms. The first kappa shape index (κ1) is 17.4. The number of aromatic nitrogens is 1. The van der Waals surface area contributed by atoms with Gasteiger partial charge < -0.3 is 5.32 Å². The Morgan fingerprint density at radius 2 is 2.04 bits per heavy atom. The van der Waals surface area contributed by atoms with Crippen molar-refractivity contribution in [1.82, 2.24) is 4.98 Å². The third-order valence-corrected chi connectivity index (χ3v) is 5.92. The summed E-state index contributed by atoms with van der Waals surface area (Å²) in [5, 5.41) is 3.47. The number of nitrogens with one attached hydrogen (secondary N) is 1. The molecule has 124 valence electrons. The Labute approximate surface area is 155 Å². The van der Waals surface area contributed by atoms with Crippen LogP contribution in [0.3, 0.4) is 0 Å². The van der Waals surface area contributed by atoms with Crippen molar-refractivity contribution >= 4 is 60.3 Å². The lowest BCUT2D eigenvalue weighted by Gasteiger charge is -2.02. The van der Waals surface area contributed by atoms with Gasteiger partial charge in [-0.15, -0.1) is 11.8 Å². The third kappa shape index (κ3) is 4.55. The molecule has 0 radical (unpaired) electrons. The minimum absolute atomic E-state index is 0.0371. The van der Waals surface area contributed by atoms with E-state index in [1.165, 1.54) is 23.5 Å². The number of anilines is 1. The number of carbonyl (C=O) groups is 1. The number of thioether (sulfide) groups is 1. The highest BCUT2D eigenvalue weighted by molar-refractivity contribution is 9.10. The van der Waals surface area contributed by atoms with Gasteiger partial charge in [-0.05, 0) is 64.5 Å². The van der Waals surface area contributed by atoms with Gasteiger partial charge in [0.15, 0.2) is 5.13 Å². The Morgan fingerprint density at radius 3 is 2.79 bits per heavy atom. The van der Waals surface area contributed by atoms with Crippen LogP contribution < -0.4 is 5.32 Å². The summed E-state index contributed by atoms with van der Waals surface area (Å²) in [7, 11) is 0. The SMILES string of the molecule is O=C(CCCSc1ccc(F)cc1)Nc1nc2c(Br)cccc2s1. The van der Waals surface area contributed by atoms with Crippen LogP contribution >= 0.6 is 39.0 Å². The molecule has 1 aromatic heterocycles. The molecule has 1 amide bonds. The minimum Gasteiger partial charge on any atom is -0.302 e. The molecule has 0 spiro atoms. The van der Waals surface area contributed by atoms with Crippen LogP contribution in [0.2, 0.25) is 0 Å². The standard InChI is InChI=1S/C17H14BrFN2OS2/c18-13-3-1-4-14-16(13)21-17(24-14)20-15(22)5-2-10-23-12-8-6-11(19)7-9-12/h1,3-4,6-9H,2,5,10H2,(H,20,21,22). The van der Waals surface area contributed by atoms with Gasteiger partial charge >= 0.3 is 0 Å². The summed E-state index contributed by atoms with van der Waals surface area (Å²) in [5.74, 6) is 0.538. The van der Waals surface area contributed by atoms with Gasteiger partial charge in [0.25, 0.3) is 0 Å². The number of benzene rings is 2. The van der Waals surface area contributed by atoms with E-state index in [1.54, 1.807) is 23.9 Å². The summed E-state index contributed by atoms with van der Waals surface area (Å²) in [6.07, 6.45) is 1.19. The van der Waals surface area contributed by atoms with E-state index < -0.39 is 0 Å². The van der Waals surface area contributed by atoms with Gasteiger partial charge in [-0.2, -0.15) is 0 Å². The zero-order valence-corrected chi connectivity index (χ0v) is 15.8. The maximum Gasteiger partial charge on any atom is 0.226 e. The van der Waals surface area contributed by atoms with Crippen LogP contribution in [0.1, 0.15) is 12.8 Å². The van der Waals surface area contributed by atoms with Crippen molar-refractivity contribution < 1.29 is 9.18 Å². The number of fused-ring (bicyclic) bond motifs is 1. The second-order valence-corrected chi connectivity index (χ2v) is 8.11. The minimum atomic E-state index is -0.235. The quantitative estimate of drug-likeness (QED) is 0.406. The predicted octanol–water partition coefficient (Wildman–Crippen LogP) is 5.71. The number of para-hydroxylation sites is 1. The van der Waals surface area contributed by atoms with Gasteiger partial charge in [0, 0.05) is 15.8 Å². The summed E-state index contributed by atoms with van der Waals surface area (Å²) in [6, 6.07) is 12.2. The number of hydrogen-bond donors (Lipinski definition) is 1. The molecule has 0 aliphatic rings. The Hall–Kier alpha value is -1.44. The molecule has 2 aromatic carbocycles. The number of hydrogen-bond acceptors (Lipinski definition) is 4. The van der Waals surface area contributed by atoms with Crippen LogP contribution in [0.4, 0.5) is 9.52 Å². The molecule has 3 nitrogen and oxygen atoms in total. The molecule has 3 aromatic rings. The molecule has 0 aliphatic carbocycles. The highest BCUT2D eigenvalue weighted by atomic mass is 79.9. The van der Waals surface area contributed by atoms with Crippen molar-refractivity contribution in [2.75, 3.05) is 11.1 Å². The summed E-state index contributed by atoms with van der Waals surface area (Å²) < 4.78 is 14.8. The number of amides is 1. The number of nitrogens with zero attached hydrogens (tertiary/aromatic N) is 1. The molecule has 0 aliphatic heterocycles. The summed E-state index contributed by atoms with van der Waals surface area (Å²) >= 11 is 6.54. The number of halogens is 2. The first-order chi connectivity index (χ1) is 11.6. The van der Waals surface area contributed by atoms with Crippen molar-refractivity contribution in [1.29, 1.82) is 0 Å². The Morgan fingerprint density at radius 1 is 1.25 bits per heavy atom. The van der Waals surface area contributed by atoms with E-state index in [4.69, 9.17) is 0 Å². The van der Waals surface area contributed by atoms with E-state index in [1.807, 2.05) is 18.2 Å². The first-order valence-corrected chi connectivity index (χ1v) is 9.94. The fourth-order valence-electron chi connectivity index (χ4n) is 2.10. The van der Waals surface area contributed by atoms with Gasteiger partial charge in [-0.25, -0.2) is 9.37 Å². The van der Waals surface area contributed by atoms with Gasteiger partial charge in [0.2, 0.25) is 5.91 Å². The van der Waals surface area contributed by atoms with Crippen molar-refractivity contribution in [2.24, 2.45) is 0 Å². The molecular formula is C17H14BrFN2OS2. The summed E-state index contributed by atoms with van der Waals surface area (Å²) in [6.45, 7) is 0. The summed E-state index contributed by atoms with van der Waals surface area (Å²) in [4.78, 5) is 17.5. The highest BCUT2D eigenvalue weighted by Crippen LogP contribution is 2.31. The molecule has 0 bridgehead atoms. The largest absolute Gasteiger partial charge is 0.302 e. The van der Waals surface area contributed by atoms with Crippen molar-refractivity contribution in [2.45, 2.75) is 17.7 Å². The molecular weight excluding hydrogens is 411 g/mol. The predicted molar refractivity (Wildman–Crippen MR) is 102 cm³/mol. The molecule has 0 atom stereocenters. The van der Waals surface area contributed by atoms with Crippen molar-refractivity contribution in [3.05, 3.63) is 52.8 Å². The van der Waals surface area contributed by atoms with E-state index in [9.17, 15) is 9.18 Å². The number of thiazole rings is 1. The van der Waals surface area contributed by atoms with Gasteiger partial charge in [-0.3, -0.25) is 4.79 Å². The molecule has 0 saturated heterocycles. The molecule has 24 heavy (non-hydrogen) atoms. The molecule has 0 unspecified atom stereocenters. The maximum absolute atomic E-state index is 12.8. The van der Waals surface area contributed by atoms with Gasteiger partial charge in [0.1, 0.15) is 5.82 Å². The van der Waals surface area contributed by atoms with E-state index in [2.05, 4.69) is 26.2 Å². The van der Waals surface area contributed by atoms with Crippen LogP contribution in [-0.2, 0) is 4.79 Å². The van der Waals surface area contributed by atoms with Gasteiger partial charge in [0.05, 0.1) is 10.2 Å². The van der Waals surface area contributed by atoms with Crippen LogP contribution in [-0.4, -0.2) is 16.6 Å². The van der Waals surface area contributed by atoms with E-state index in [0.717, 1.165) is 31.8 Å². The number of rotatable bonds is 6. The average Bonchev–Trinajstić information content (AvgIpc) is 2.97.